The maximum Gasteiger partial charge on any atom is 0.182 e. The summed E-state index contributed by atoms with van der Waals surface area (Å²) in [5.41, 5.74) is 5.30. The van der Waals surface area contributed by atoms with Crippen molar-refractivity contribution in [2.75, 3.05) is 18.4 Å². The molecule has 0 saturated heterocycles. The lowest BCUT2D eigenvalue weighted by Crippen LogP contribution is -2.12. The molecule has 1 rings (SSSR count). The Balaban J connectivity index is 2.42. The minimum atomic E-state index is 0.651. The number of nitrogens with one attached hydrogen (secondary N) is 1. The molecule has 0 bridgehead atoms. The molecule has 0 amide bonds. The Labute approximate surface area is 64.3 Å². The highest BCUT2D eigenvalue weighted by Gasteiger charge is 1.93. The average Bonchev–Trinajstić information content (AvgIpc) is 2.31. The number of aryl methyl sites for hydroxylation is 1. The maximum absolute atomic E-state index is 5.30. The largest absolute Gasteiger partial charge is 0.360 e. The summed E-state index contributed by atoms with van der Waals surface area (Å²) in [5, 5.41) is 4.06. The Bertz CT molecular complexity index is 197. The molecule has 0 unspecified atom stereocenters. The van der Waals surface area contributed by atoms with Crippen LogP contribution in [-0.4, -0.2) is 18.1 Å². The molecule has 4 heteroatoms. The molecule has 1 aromatic heterocycles. The smallest absolute Gasteiger partial charge is 0.182 e. The lowest BCUT2D eigenvalue weighted by molar-refractivity contribution is 1.02. The van der Waals surface area contributed by atoms with Crippen LogP contribution in [0.25, 0.3) is 0 Å². The topological polar surface area (TPSA) is 50.9 Å². The Morgan fingerprint density at radius 1 is 1.80 bits per heavy atom. The monoisotopic (exact) mass is 157 g/mol. The number of nitrogens with two attached hydrogens (primary N) is 1. The van der Waals surface area contributed by atoms with E-state index in [1.165, 1.54) is 4.88 Å². The number of nitrogens with zero attached hydrogens (tertiary/aromatic N) is 1. The van der Waals surface area contributed by atoms with Gasteiger partial charge in [-0.05, 0) is 6.92 Å². The van der Waals surface area contributed by atoms with E-state index in [2.05, 4.69) is 10.3 Å². The Morgan fingerprint density at radius 2 is 2.60 bits per heavy atom. The first-order chi connectivity index (χ1) is 4.83. The van der Waals surface area contributed by atoms with Gasteiger partial charge in [0.05, 0.1) is 0 Å². The highest BCUT2D eigenvalue weighted by molar-refractivity contribution is 7.15. The van der Waals surface area contributed by atoms with Crippen LogP contribution in [0.5, 0.6) is 0 Å². The normalized spacial score (nSPS) is 9.80. The van der Waals surface area contributed by atoms with Gasteiger partial charge < -0.3 is 11.1 Å². The summed E-state index contributed by atoms with van der Waals surface area (Å²) in [6.07, 6.45) is 1.85. The van der Waals surface area contributed by atoms with Gasteiger partial charge in [-0.2, -0.15) is 0 Å². The average molecular weight is 157 g/mol. The zero-order chi connectivity index (χ0) is 7.40. The van der Waals surface area contributed by atoms with Crippen LogP contribution >= 0.6 is 11.3 Å². The fourth-order valence-corrected chi connectivity index (χ4v) is 1.31. The van der Waals surface area contributed by atoms with Gasteiger partial charge in [0, 0.05) is 24.2 Å². The van der Waals surface area contributed by atoms with Crippen molar-refractivity contribution >= 4 is 16.5 Å². The van der Waals surface area contributed by atoms with Gasteiger partial charge >= 0.3 is 0 Å². The van der Waals surface area contributed by atoms with E-state index in [4.69, 9.17) is 5.73 Å². The Kier molecular flexibility index (Phi) is 2.65. The summed E-state index contributed by atoms with van der Waals surface area (Å²) in [6, 6.07) is 0. The number of hydrogen-bond donors (Lipinski definition) is 2. The predicted molar refractivity (Wildman–Crippen MR) is 44.4 cm³/mol. The third kappa shape index (κ3) is 1.97. The van der Waals surface area contributed by atoms with Gasteiger partial charge in [-0.3, -0.25) is 0 Å². The van der Waals surface area contributed by atoms with Crippen molar-refractivity contribution in [3.8, 4) is 0 Å². The Hall–Kier alpha value is -0.610. The second-order valence-corrected chi connectivity index (χ2v) is 3.23. The summed E-state index contributed by atoms with van der Waals surface area (Å²) in [4.78, 5) is 5.33. The SMILES string of the molecule is Cc1cnc(NCCN)s1. The lowest BCUT2D eigenvalue weighted by atomic mass is 10.6. The first-order valence-electron chi connectivity index (χ1n) is 3.19. The summed E-state index contributed by atoms with van der Waals surface area (Å²) in [5.74, 6) is 0. The zero-order valence-electron chi connectivity index (χ0n) is 5.92. The quantitative estimate of drug-likeness (QED) is 0.683. The van der Waals surface area contributed by atoms with Gasteiger partial charge in [0.25, 0.3) is 0 Å². The Morgan fingerprint density at radius 3 is 3.10 bits per heavy atom. The fourth-order valence-electron chi connectivity index (χ4n) is 0.616. The predicted octanol–water partition coefficient (Wildman–Crippen LogP) is 0.822. The molecular weight excluding hydrogens is 146 g/mol. The highest BCUT2D eigenvalue weighted by atomic mass is 32.1. The molecule has 0 aromatic carbocycles. The number of hydrogen-bond acceptors (Lipinski definition) is 4. The van der Waals surface area contributed by atoms with Gasteiger partial charge in [-0.15, -0.1) is 11.3 Å². The van der Waals surface area contributed by atoms with E-state index < -0.39 is 0 Å². The first kappa shape index (κ1) is 7.50. The van der Waals surface area contributed by atoms with E-state index in [1.54, 1.807) is 11.3 Å². The fraction of sp³-hybridized carbons (Fsp3) is 0.500. The van der Waals surface area contributed by atoms with Crippen LogP contribution in [0, 0.1) is 6.92 Å². The first-order valence-corrected chi connectivity index (χ1v) is 4.01. The second-order valence-electron chi connectivity index (χ2n) is 1.99. The summed E-state index contributed by atoms with van der Waals surface area (Å²) < 4.78 is 0. The minimum Gasteiger partial charge on any atom is -0.360 e. The van der Waals surface area contributed by atoms with Gasteiger partial charge in [0.2, 0.25) is 0 Å². The van der Waals surface area contributed by atoms with Crippen LogP contribution in [0.2, 0.25) is 0 Å². The number of aromatic nitrogens is 1. The molecule has 0 spiro atoms. The molecule has 0 saturated carbocycles. The van der Waals surface area contributed by atoms with Crippen molar-refractivity contribution in [2.45, 2.75) is 6.92 Å². The standard InChI is InChI=1S/C6H11N3S/c1-5-4-9-6(10-5)8-3-2-7/h4H,2-3,7H2,1H3,(H,8,9). The van der Waals surface area contributed by atoms with Gasteiger partial charge in [-0.1, -0.05) is 0 Å². The molecule has 0 aliphatic rings. The van der Waals surface area contributed by atoms with Crippen LogP contribution in [0.15, 0.2) is 6.20 Å². The molecule has 56 valence electrons. The maximum atomic E-state index is 5.30. The van der Waals surface area contributed by atoms with Crippen LogP contribution in [0.3, 0.4) is 0 Å². The van der Waals surface area contributed by atoms with Crippen LogP contribution in [0.4, 0.5) is 5.13 Å². The van der Waals surface area contributed by atoms with Crippen LogP contribution in [0.1, 0.15) is 4.88 Å². The molecule has 0 aliphatic heterocycles. The zero-order valence-corrected chi connectivity index (χ0v) is 6.74. The molecular formula is C6H11N3S. The van der Waals surface area contributed by atoms with Crippen LogP contribution in [-0.2, 0) is 0 Å². The molecule has 0 fully saturated rings. The summed E-state index contributed by atoms with van der Waals surface area (Å²) in [6.45, 7) is 3.48. The van der Waals surface area contributed by atoms with Crippen molar-refractivity contribution < 1.29 is 0 Å². The molecule has 10 heavy (non-hydrogen) atoms. The van der Waals surface area contributed by atoms with E-state index in [9.17, 15) is 0 Å². The molecule has 1 aromatic rings. The summed E-state index contributed by atoms with van der Waals surface area (Å²) >= 11 is 1.65. The van der Waals surface area contributed by atoms with Gasteiger partial charge in [-0.25, -0.2) is 4.98 Å². The molecule has 0 radical (unpaired) electrons. The number of anilines is 1. The highest BCUT2D eigenvalue weighted by Crippen LogP contribution is 2.15. The number of thiazole rings is 1. The van der Waals surface area contributed by atoms with Crippen molar-refractivity contribution in [3.63, 3.8) is 0 Å². The van der Waals surface area contributed by atoms with Gasteiger partial charge in [0.1, 0.15) is 0 Å². The molecule has 3 N–H and O–H groups in total. The van der Waals surface area contributed by atoms with Crippen LogP contribution < -0.4 is 11.1 Å². The van der Waals surface area contributed by atoms with Gasteiger partial charge in [0.15, 0.2) is 5.13 Å². The van der Waals surface area contributed by atoms with Crippen molar-refractivity contribution in [1.29, 1.82) is 0 Å². The van der Waals surface area contributed by atoms with E-state index in [0.717, 1.165) is 11.7 Å². The lowest BCUT2D eigenvalue weighted by Gasteiger charge is -1.96. The third-order valence-electron chi connectivity index (χ3n) is 1.04. The minimum absolute atomic E-state index is 0.651. The van der Waals surface area contributed by atoms with Crippen molar-refractivity contribution in [3.05, 3.63) is 11.1 Å². The van der Waals surface area contributed by atoms with E-state index >= 15 is 0 Å². The molecule has 1 heterocycles. The molecule has 3 nitrogen and oxygen atoms in total. The van der Waals surface area contributed by atoms with E-state index in [0.29, 0.717) is 6.54 Å². The van der Waals surface area contributed by atoms with Crippen molar-refractivity contribution in [2.24, 2.45) is 5.73 Å². The summed E-state index contributed by atoms with van der Waals surface area (Å²) in [7, 11) is 0. The molecule has 0 aliphatic carbocycles. The number of rotatable bonds is 3. The molecule has 0 atom stereocenters. The second kappa shape index (κ2) is 3.53. The van der Waals surface area contributed by atoms with E-state index in [1.807, 2.05) is 13.1 Å². The van der Waals surface area contributed by atoms with Crippen molar-refractivity contribution in [1.82, 2.24) is 4.98 Å². The van der Waals surface area contributed by atoms with E-state index in [-0.39, 0.29) is 0 Å². The third-order valence-corrected chi connectivity index (χ3v) is 1.91.